The molecule has 2 N–H and O–H groups in total. The Morgan fingerprint density at radius 3 is 2.74 bits per heavy atom. The third-order valence-electron chi connectivity index (χ3n) is 5.02. The summed E-state index contributed by atoms with van der Waals surface area (Å²) in [6.07, 6.45) is 3.15. The maximum Gasteiger partial charge on any atom is 0.328 e. The first-order valence-electron chi connectivity index (χ1n) is 9.86. The van der Waals surface area contributed by atoms with Crippen LogP contribution in [0.15, 0.2) is 54.7 Å². The van der Waals surface area contributed by atoms with E-state index in [1.807, 2.05) is 30.3 Å². The number of nitrogens with zero attached hydrogens (tertiary/aromatic N) is 1. The number of ether oxygens (including phenoxy) is 2. The lowest BCUT2D eigenvalue weighted by atomic mass is 9.97. The van der Waals surface area contributed by atoms with Gasteiger partial charge < -0.3 is 19.9 Å². The second-order valence-electron chi connectivity index (χ2n) is 7.80. The summed E-state index contributed by atoms with van der Waals surface area (Å²) in [5, 5.41) is 11.9. The lowest BCUT2D eigenvalue weighted by molar-refractivity contribution is -0.143. The molecule has 0 saturated heterocycles. The largest absolute Gasteiger partial charge is 0.485 e. The first kappa shape index (κ1) is 20.9. The smallest absolute Gasteiger partial charge is 0.328 e. The molecule has 31 heavy (non-hydrogen) atoms. The number of fused-ring (bicyclic) bond motifs is 1. The minimum atomic E-state index is -1.38. The second-order valence-corrected chi connectivity index (χ2v) is 8.80. The predicted molar refractivity (Wildman–Crippen MR) is 116 cm³/mol. The fourth-order valence-corrected chi connectivity index (χ4v) is 3.92. The average molecular weight is 439 g/mol. The molecule has 0 spiro atoms. The van der Waals surface area contributed by atoms with E-state index in [0.29, 0.717) is 10.9 Å². The van der Waals surface area contributed by atoms with Crippen molar-refractivity contribution < 1.29 is 24.2 Å². The molecule has 2 aromatic carbocycles. The zero-order valence-electron chi connectivity index (χ0n) is 17.1. The van der Waals surface area contributed by atoms with Crippen LogP contribution in [0.25, 0.3) is 0 Å². The van der Waals surface area contributed by atoms with Crippen molar-refractivity contribution in [2.45, 2.75) is 38.3 Å². The van der Waals surface area contributed by atoms with Gasteiger partial charge in [0.25, 0.3) is 11.1 Å². The van der Waals surface area contributed by atoms with Crippen molar-refractivity contribution in [3.05, 3.63) is 70.7 Å². The number of hydrogen-bond donors (Lipinski definition) is 2. The van der Waals surface area contributed by atoms with E-state index in [2.05, 4.69) is 22.4 Å². The van der Waals surface area contributed by atoms with Gasteiger partial charge in [-0.2, -0.15) is 0 Å². The Morgan fingerprint density at radius 2 is 2.00 bits per heavy atom. The van der Waals surface area contributed by atoms with E-state index >= 15 is 0 Å². The van der Waals surface area contributed by atoms with E-state index in [-0.39, 0.29) is 11.0 Å². The number of carbonyl (C=O) groups is 2. The molecule has 1 amide bonds. The summed E-state index contributed by atoms with van der Waals surface area (Å²) in [5.74, 6) is -0.187. The molecule has 1 aliphatic rings. The summed E-state index contributed by atoms with van der Waals surface area (Å²) in [6.45, 7) is 2.84. The molecule has 4 rings (SSSR count). The van der Waals surface area contributed by atoms with Crippen LogP contribution in [-0.4, -0.2) is 27.5 Å². The van der Waals surface area contributed by atoms with Gasteiger partial charge in [-0.15, -0.1) is 0 Å². The maximum absolute atomic E-state index is 12.3. The molecule has 0 fully saturated rings. The van der Waals surface area contributed by atoms with Crippen LogP contribution in [0.5, 0.6) is 16.7 Å². The van der Waals surface area contributed by atoms with Gasteiger partial charge in [-0.1, -0.05) is 41.7 Å². The third kappa shape index (κ3) is 4.69. The Hall–Kier alpha value is -3.39. The standard InChI is InChI=1S/C23H22N2O5S/c1-23(2,21(27)28)25-20(26)19-13-24-22(31-19)29-16-9-11-18-15(12-16)8-10-17(30-18)14-6-4-3-5-7-14/h3-7,9,11-13,17H,8,10H2,1-2H3,(H,25,26)(H,27,28)/t17-/m0/s1. The number of hydrogen-bond acceptors (Lipinski definition) is 6. The molecule has 8 heteroatoms. The molecule has 0 bridgehead atoms. The first-order valence-corrected chi connectivity index (χ1v) is 10.7. The van der Waals surface area contributed by atoms with Crippen LogP contribution < -0.4 is 14.8 Å². The molecule has 2 heterocycles. The van der Waals surface area contributed by atoms with Crippen LogP contribution in [0.1, 0.15) is 47.2 Å². The van der Waals surface area contributed by atoms with Crippen molar-refractivity contribution in [3.8, 4) is 16.7 Å². The average Bonchev–Trinajstić information content (AvgIpc) is 3.22. The summed E-state index contributed by atoms with van der Waals surface area (Å²) in [5.41, 5.74) is 0.841. The van der Waals surface area contributed by atoms with Crippen LogP contribution in [-0.2, 0) is 11.2 Å². The Labute approximate surface area is 183 Å². The van der Waals surface area contributed by atoms with Gasteiger partial charge in [-0.05, 0) is 56.0 Å². The highest BCUT2D eigenvalue weighted by atomic mass is 32.1. The van der Waals surface area contributed by atoms with Crippen LogP contribution in [0.3, 0.4) is 0 Å². The summed E-state index contributed by atoms with van der Waals surface area (Å²) in [6, 6.07) is 15.8. The van der Waals surface area contributed by atoms with Crippen LogP contribution >= 0.6 is 11.3 Å². The number of thiazole rings is 1. The molecule has 160 valence electrons. The quantitative estimate of drug-likeness (QED) is 0.584. The van der Waals surface area contributed by atoms with Gasteiger partial charge in [-0.25, -0.2) is 9.78 Å². The lowest BCUT2D eigenvalue weighted by Crippen LogP contribution is -2.49. The molecule has 0 unspecified atom stereocenters. The number of aliphatic carboxylic acids is 1. The minimum Gasteiger partial charge on any atom is -0.485 e. The molecule has 1 aromatic heterocycles. The molecule has 3 aromatic rings. The predicted octanol–water partition coefficient (Wildman–Crippen LogP) is 4.59. The third-order valence-corrected chi connectivity index (χ3v) is 5.90. The van der Waals surface area contributed by atoms with Crippen LogP contribution in [0, 0.1) is 0 Å². The fourth-order valence-electron chi connectivity index (χ4n) is 3.24. The molecule has 0 saturated carbocycles. The number of carboxylic acids is 1. The number of aryl methyl sites for hydroxylation is 1. The molecule has 7 nitrogen and oxygen atoms in total. The summed E-state index contributed by atoms with van der Waals surface area (Å²) in [4.78, 5) is 27.9. The Morgan fingerprint density at radius 1 is 1.23 bits per heavy atom. The van der Waals surface area contributed by atoms with Gasteiger partial charge in [0, 0.05) is 0 Å². The van der Waals surface area contributed by atoms with Gasteiger partial charge in [0.15, 0.2) is 0 Å². The number of amides is 1. The molecular formula is C23H22N2O5S. The molecule has 1 aliphatic heterocycles. The van der Waals surface area contributed by atoms with Crippen molar-refractivity contribution in [2.75, 3.05) is 0 Å². The highest BCUT2D eigenvalue weighted by Crippen LogP contribution is 2.38. The van der Waals surface area contributed by atoms with Gasteiger partial charge in [0.1, 0.15) is 28.0 Å². The molecule has 1 atom stereocenters. The van der Waals surface area contributed by atoms with Gasteiger partial charge >= 0.3 is 5.97 Å². The van der Waals surface area contributed by atoms with Crippen LogP contribution in [0.4, 0.5) is 0 Å². The van der Waals surface area contributed by atoms with Crippen LogP contribution in [0.2, 0.25) is 0 Å². The topological polar surface area (TPSA) is 97.8 Å². The first-order chi connectivity index (χ1) is 14.8. The van der Waals surface area contributed by atoms with E-state index in [9.17, 15) is 9.59 Å². The number of rotatable bonds is 6. The molecule has 0 aliphatic carbocycles. The lowest BCUT2D eigenvalue weighted by Gasteiger charge is -2.26. The van der Waals surface area contributed by atoms with Gasteiger partial charge in [-0.3, -0.25) is 4.79 Å². The van der Waals surface area contributed by atoms with E-state index in [1.54, 1.807) is 6.07 Å². The number of carbonyl (C=O) groups excluding carboxylic acids is 1. The minimum absolute atomic E-state index is 0.0376. The van der Waals surface area contributed by atoms with Crippen molar-refractivity contribution in [1.82, 2.24) is 10.3 Å². The van der Waals surface area contributed by atoms with Gasteiger partial charge in [0.2, 0.25) is 0 Å². The monoisotopic (exact) mass is 438 g/mol. The Bertz CT molecular complexity index is 1110. The summed E-state index contributed by atoms with van der Waals surface area (Å²) >= 11 is 1.05. The van der Waals surface area contributed by atoms with Crippen molar-refractivity contribution in [2.24, 2.45) is 0 Å². The highest BCUT2D eigenvalue weighted by molar-refractivity contribution is 7.15. The van der Waals surface area contributed by atoms with Gasteiger partial charge in [0.05, 0.1) is 6.20 Å². The normalized spacial score (nSPS) is 15.5. The molecular weight excluding hydrogens is 416 g/mol. The van der Waals surface area contributed by atoms with Crippen molar-refractivity contribution >= 4 is 23.2 Å². The number of benzene rings is 2. The number of carboxylic acid groups (broad SMARTS) is 1. The van der Waals surface area contributed by atoms with Crippen molar-refractivity contribution in [1.29, 1.82) is 0 Å². The fraction of sp³-hybridized carbons (Fsp3) is 0.261. The SMILES string of the molecule is CC(C)(NC(=O)c1cnc(Oc2ccc3c(c2)CC[C@@H](c2ccccc2)O3)s1)C(=O)O. The molecule has 0 radical (unpaired) electrons. The maximum atomic E-state index is 12.3. The zero-order chi connectivity index (χ0) is 22.0. The highest BCUT2D eigenvalue weighted by Gasteiger charge is 2.30. The van der Waals surface area contributed by atoms with E-state index in [0.717, 1.165) is 41.1 Å². The zero-order valence-corrected chi connectivity index (χ0v) is 17.9. The number of nitrogens with one attached hydrogen (secondary N) is 1. The summed E-state index contributed by atoms with van der Waals surface area (Å²) in [7, 11) is 0. The van der Waals surface area contributed by atoms with E-state index in [1.165, 1.54) is 20.0 Å². The van der Waals surface area contributed by atoms with E-state index in [4.69, 9.17) is 14.6 Å². The van der Waals surface area contributed by atoms with E-state index < -0.39 is 17.4 Å². The Balaban J connectivity index is 1.42. The number of aromatic nitrogens is 1. The van der Waals surface area contributed by atoms with Crippen molar-refractivity contribution in [3.63, 3.8) is 0 Å². The summed E-state index contributed by atoms with van der Waals surface area (Å²) < 4.78 is 12.0. The Kier molecular flexibility index (Phi) is 5.65. The second kappa shape index (κ2) is 8.39.